The minimum absolute atomic E-state index is 0.0313. The molecular weight excluding hydrogens is 302 g/mol. The van der Waals surface area contributed by atoms with Gasteiger partial charge in [-0.15, -0.1) is 0 Å². The average Bonchev–Trinajstić information content (AvgIpc) is 2.41. The maximum absolute atomic E-state index is 12.6. The third-order valence-electron chi connectivity index (χ3n) is 3.12. The van der Waals surface area contributed by atoms with Crippen LogP contribution in [0.4, 0.5) is 0 Å². The van der Waals surface area contributed by atoms with Crippen LogP contribution >= 0.6 is 11.6 Å². The van der Waals surface area contributed by atoms with Gasteiger partial charge in [-0.1, -0.05) is 29.8 Å². The Hall–Kier alpha value is -1.37. The van der Waals surface area contributed by atoms with Crippen molar-refractivity contribution in [2.45, 2.75) is 24.3 Å². The molecule has 1 aromatic carbocycles. The third-order valence-corrected chi connectivity index (χ3v) is 5.47. The molecule has 2 rings (SSSR count). The molecule has 1 aromatic rings. The van der Waals surface area contributed by atoms with E-state index in [2.05, 4.69) is 0 Å². The van der Waals surface area contributed by atoms with Crippen molar-refractivity contribution >= 4 is 27.6 Å². The molecule has 1 unspecified atom stereocenters. The van der Waals surface area contributed by atoms with Gasteiger partial charge >= 0.3 is 5.97 Å². The zero-order valence-corrected chi connectivity index (χ0v) is 12.4. The largest absolute Gasteiger partial charge is 0.480 e. The van der Waals surface area contributed by atoms with Crippen molar-refractivity contribution in [2.24, 2.45) is 0 Å². The molecule has 0 aromatic heterocycles. The maximum Gasteiger partial charge on any atom is 0.322 e. The third kappa shape index (κ3) is 2.72. The first-order chi connectivity index (χ1) is 9.34. The molecule has 20 heavy (non-hydrogen) atoms. The average molecular weight is 316 g/mol. The number of aryl methyl sites for hydroxylation is 1. The lowest BCUT2D eigenvalue weighted by atomic mass is 10.1. The zero-order chi connectivity index (χ0) is 14.9. The van der Waals surface area contributed by atoms with Crippen LogP contribution in [-0.4, -0.2) is 36.4 Å². The summed E-state index contributed by atoms with van der Waals surface area (Å²) in [6.45, 7) is 1.78. The Morgan fingerprint density at radius 2 is 2.10 bits per heavy atom. The lowest BCUT2D eigenvalue weighted by molar-refractivity contribution is -0.141. The van der Waals surface area contributed by atoms with E-state index in [1.165, 1.54) is 12.1 Å². The highest BCUT2D eigenvalue weighted by Crippen LogP contribution is 2.28. The summed E-state index contributed by atoms with van der Waals surface area (Å²) in [6.07, 6.45) is 3.46. The molecule has 0 radical (unpaired) electrons. The standard InChI is InChI=1S/C13H14ClNO4S/c1-9-5-6-10(14)12(8-9)20(18,19)15-7-3-2-4-11(15)13(16)17/h2-3,5-6,8,11H,4,7H2,1H3,(H,16,17). The van der Waals surface area contributed by atoms with E-state index >= 15 is 0 Å². The second kappa shape index (κ2) is 5.55. The van der Waals surface area contributed by atoms with Gasteiger partial charge in [-0.05, 0) is 31.0 Å². The Morgan fingerprint density at radius 1 is 1.40 bits per heavy atom. The maximum atomic E-state index is 12.6. The van der Waals surface area contributed by atoms with Gasteiger partial charge in [-0.3, -0.25) is 4.79 Å². The Balaban J connectivity index is 2.51. The SMILES string of the molecule is Cc1ccc(Cl)c(S(=O)(=O)N2CC=CCC2C(=O)O)c1. The molecule has 0 fully saturated rings. The summed E-state index contributed by atoms with van der Waals surface area (Å²) in [6, 6.07) is 3.56. The number of hydrogen-bond acceptors (Lipinski definition) is 3. The van der Waals surface area contributed by atoms with E-state index in [4.69, 9.17) is 16.7 Å². The van der Waals surface area contributed by atoms with Crippen LogP contribution in [0.2, 0.25) is 5.02 Å². The van der Waals surface area contributed by atoms with Crippen molar-refractivity contribution in [2.75, 3.05) is 6.54 Å². The summed E-state index contributed by atoms with van der Waals surface area (Å²) in [4.78, 5) is 11.2. The predicted molar refractivity (Wildman–Crippen MR) is 75.3 cm³/mol. The van der Waals surface area contributed by atoms with Crippen molar-refractivity contribution in [3.63, 3.8) is 0 Å². The number of carboxylic acids is 1. The Labute approximate surface area is 122 Å². The van der Waals surface area contributed by atoms with Crippen LogP contribution in [0.5, 0.6) is 0 Å². The minimum atomic E-state index is -3.94. The normalized spacial score (nSPS) is 20.0. The van der Waals surface area contributed by atoms with E-state index in [1.54, 1.807) is 25.1 Å². The fourth-order valence-electron chi connectivity index (χ4n) is 2.07. The van der Waals surface area contributed by atoms with Gasteiger partial charge in [0.15, 0.2) is 0 Å². The molecule has 108 valence electrons. The predicted octanol–water partition coefficient (Wildman–Crippen LogP) is 2.05. The second-order valence-corrected chi connectivity index (χ2v) is 6.84. The van der Waals surface area contributed by atoms with Crippen LogP contribution < -0.4 is 0 Å². The molecule has 5 nitrogen and oxygen atoms in total. The number of carboxylic acid groups (broad SMARTS) is 1. The molecule has 1 aliphatic rings. The Bertz CT molecular complexity index is 669. The molecule has 0 aliphatic carbocycles. The highest BCUT2D eigenvalue weighted by Gasteiger charge is 2.37. The van der Waals surface area contributed by atoms with Gasteiger partial charge in [-0.2, -0.15) is 4.31 Å². The topological polar surface area (TPSA) is 74.7 Å². The van der Waals surface area contributed by atoms with Gasteiger partial charge in [0.05, 0.1) is 5.02 Å². The molecular formula is C13H14ClNO4S. The fourth-order valence-corrected chi connectivity index (χ4v) is 4.18. The van der Waals surface area contributed by atoms with Gasteiger partial charge in [0.25, 0.3) is 0 Å². The summed E-state index contributed by atoms with van der Waals surface area (Å²) in [7, 11) is -3.94. The van der Waals surface area contributed by atoms with Gasteiger partial charge in [0, 0.05) is 6.54 Å². The first kappa shape index (κ1) is 15.0. The number of halogens is 1. The van der Waals surface area contributed by atoms with E-state index in [0.29, 0.717) is 0 Å². The molecule has 0 amide bonds. The van der Waals surface area contributed by atoms with Crippen LogP contribution in [0, 0.1) is 6.92 Å². The second-order valence-electron chi connectivity index (χ2n) is 4.57. The number of benzene rings is 1. The van der Waals surface area contributed by atoms with Crippen molar-refractivity contribution in [1.82, 2.24) is 4.31 Å². The summed E-state index contributed by atoms with van der Waals surface area (Å²) in [5.41, 5.74) is 0.743. The van der Waals surface area contributed by atoms with Crippen molar-refractivity contribution in [3.05, 3.63) is 40.9 Å². The number of aliphatic carboxylic acids is 1. The summed E-state index contributed by atoms with van der Waals surface area (Å²) in [5.74, 6) is -1.17. The molecule has 1 N–H and O–H groups in total. The van der Waals surface area contributed by atoms with E-state index in [9.17, 15) is 13.2 Å². The number of nitrogens with zero attached hydrogens (tertiary/aromatic N) is 1. The molecule has 1 heterocycles. The Morgan fingerprint density at radius 3 is 2.75 bits per heavy atom. The van der Waals surface area contributed by atoms with E-state index in [0.717, 1.165) is 9.87 Å². The first-order valence-electron chi connectivity index (χ1n) is 6.00. The van der Waals surface area contributed by atoms with E-state index in [-0.39, 0.29) is 22.9 Å². The molecule has 0 saturated heterocycles. The van der Waals surface area contributed by atoms with Crippen molar-refractivity contribution in [3.8, 4) is 0 Å². The smallest absolute Gasteiger partial charge is 0.322 e. The minimum Gasteiger partial charge on any atom is -0.480 e. The molecule has 1 aliphatic heterocycles. The fraction of sp³-hybridized carbons (Fsp3) is 0.308. The van der Waals surface area contributed by atoms with Crippen LogP contribution in [-0.2, 0) is 14.8 Å². The van der Waals surface area contributed by atoms with Gasteiger partial charge in [0.2, 0.25) is 10.0 Å². The molecule has 0 saturated carbocycles. The number of rotatable bonds is 3. The highest BCUT2D eigenvalue weighted by molar-refractivity contribution is 7.89. The lowest BCUT2D eigenvalue weighted by Crippen LogP contribution is -2.46. The van der Waals surface area contributed by atoms with Crippen LogP contribution in [0.3, 0.4) is 0 Å². The summed E-state index contributed by atoms with van der Waals surface area (Å²) in [5, 5.41) is 9.26. The van der Waals surface area contributed by atoms with Crippen molar-refractivity contribution in [1.29, 1.82) is 0 Å². The Kier molecular flexibility index (Phi) is 4.17. The molecule has 7 heteroatoms. The number of sulfonamides is 1. The van der Waals surface area contributed by atoms with Crippen LogP contribution in [0.1, 0.15) is 12.0 Å². The van der Waals surface area contributed by atoms with Crippen LogP contribution in [0.25, 0.3) is 0 Å². The monoisotopic (exact) mass is 315 g/mol. The zero-order valence-electron chi connectivity index (χ0n) is 10.8. The first-order valence-corrected chi connectivity index (χ1v) is 7.81. The van der Waals surface area contributed by atoms with Gasteiger partial charge in [0.1, 0.15) is 10.9 Å². The lowest BCUT2D eigenvalue weighted by Gasteiger charge is -2.29. The van der Waals surface area contributed by atoms with Crippen LogP contribution in [0.15, 0.2) is 35.2 Å². The molecule has 0 bridgehead atoms. The van der Waals surface area contributed by atoms with E-state index in [1.807, 2.05) is 0 Å². The number of carbonyl (C=O) groups is 1. The quantitative estimate of drug-likeness (QED) is 0.866. The summed E-state index contributed by atoms with van der Waals surface area (Å²) >= 11 is 5.96. The van der Waals surface area contributed by atoms with Crippen molar-refractivity contribution < 1.29 is 18.3 Å². The highest BCUT2D eigenvalue weighted by atomic mass is 35.5. The summed E-state index contributed by atoms with van der Waals surface area (Å²) < 4.78 is 26.2. The van der Waals surface area contributed by atoms with Gasteiger partial charge < -0.3 is 5.11 Å². The van der Waals surface area contributed by atoms with Gasteiger partial charge in [-0.25, -0.2) is 8.42 Å². The molecule has 1 atom stereocenters. The molecule has 0 spiro atoms. The number of hydrogen-bond donors (Lipinski definition) is 1. The van der Waals surface area contributed by atoms with E-state index < -0.39 is 22.0 Å².